The summed E-state index contributed by atoms with van der Waals surface area (Å²) in [6.45, 7) is 3.43. The lowest BCUT2D eigenvalue weighted by molar-refractivity contribution is -0.118. The topological polar surface area (TPSA) is 54.5 Å². The molecule has 1 fully saturated rings. The Morgan fingerprint density at radius 2 is 2.00 bits per heavy atom. The molecule has 1 saturated heterocycles. The summed E-state index contributed by atoms with van der Waals surface area (Å²) in [4.78, 5) is 18.8. The summed E-state index contributed by atoms with van der Waals surface area (Å²) in [5.41, 5.74) is 1.97. The van der Waals surface area contributed by atoms with E-state index in [0.29, 0.717) is 31.3 Å². The first-order valence-electron chi connectivity index (χ1n) is 9.04. The highest BCUT2D eigenvalue weighted by atomic mass is 32.2. The van der Waals surface area contributed by atoms with Crippen molar-refractivity contribution in [1.29, 1.82) is 0 Å². The summed E-state index contributed by atoms with van der Waals surface area (Å²) in [7, 11) is 0. The average Bonchev–Trinajstić information content (AvgIpc) is 2.71. The van der Waals surface area contributed by atoms with E-state index in [1.54, 1.807) is 30.1 Å². The fourth-order valence-electron chi connectivity index (χ4n) is 3.03. The zero-order valence-electron chi connectivity index (χ0n) is 15.1. The molecule has 144 valence electrons. The van der Waals surface area contributed by atoms with Gasteiger partial charge in [-0.3, -0.25) is 14.7 Å². The Kier molecular flexibility index (Phi) is 7.62. The fourth-order valence-corrected chi connectivity index (χ4v) is 3.79. The third-order valence-corrected chi connectivity index (χ3v) is 5.41. The number of pyridine rings is 1. The zero-order chi connectivity index (χ0) is 18.9. The maximum absolute atomic E-state index is 13.3. The minimum atomic E-state index is -0.255. The van der Waals surface area contributed by atoms with Gasteiger partial charge in [-0.15, -0.1) is 11.8 Å². The van der Waals surface area contributed by atoms with Crippen molar-refractivity contribution in [2.75, 3.05) is 38.6 Å². The van der Waals surface area contributed by atoms with Crippen LogP contribution in [0.1, 0.15) is 17.3 Å². The highest BCUT2D eigenvalue weighted by Gasteiger charge is 2.23. The molecule has 1 atom stereocenters. The lowest BCUT2D eigenvalue weighted by atomic mass is 10.0. The van der Waals surface area contributed by atoms with Gasteiger partial charge in [0.2, 0.25) is 5.91 Å². The van der Waals surface area contributed by atoms with Crippen LogP contribution in [0.2, 0.25) is 0 Å². The Hall–Kier alpha value is -1.96. The minimum Gasteiger partial charge on any atom is -0.379 e. The Bertz CT molecular complexity index is 709. The van der Waals surface area contributed by atoms with Gasteiger partial charge in [0.1, 0.15) is 5.82 Å². The highest BCUT2D eigenvalue weighted by molar-refractivity contribution is 7.99. The molecule has 7 heteroatoms. The highest BCUT2D eigenvalue weighted by Crippen LogP contribution is 2.21. The number of benzene rings is 1. The van der Waals surface area contributed by atoms with Gasteiger partial charge in [0.05, 0.1) is 30.7 Å². The number of rotatable bonds is 8. The van der Waals surface area contributed by atoms with E-state index in [1.807, 2.05) is 18.2 Å². The molecule has 27 heavy (non-hydrogen) atoms. The van der Waals surface area contributed by atoms with Crippen LogP contribution in [0.5, 0.6) is 0 Å². The Morgan fingerprint density at radius 1 is 1.22 bits per heavy atom. The van der Waals surface area contributed by atoms with E-state index >= 15 is 0 Å². The summed E-state index contributed by atoms with van der Waals surface area (Å²) < 4.78 is 18.7. The number of aromatic nitrogens is 1. The first-order valence-corrected chi connectivity index (χ1v) is 10.2. The molecule has 0 bridgehead atoms. The minimum absolute atomic E-state index is 0.00342. The van der Waals surface area contributed by atoms with Crippen LogP contribution in [-0.4, -0.2) is 54.4 Å². The van der Waals surface area contributed by atoms with Gasteiger partial charge in [-0.1, -0.05) is 18.2 Å². The van der Waals surface area contributed by atoms with Crippen LogP contribution in [0.15, 0.2) is 48.7 Å². The predicted octanol–water partition coefficient (Wildman–Crippen LogP) is 2.64. The molecular formula is C20H24FN3O2S. The molecule has 1 unspecified atom stereocenters. The molecular weight excluding hydrogens is 365 g/mol. The van der Waals surface area contributed by atoms with Gasteiger partial charge in [0, 0.05) is 31.6 Å². The van der Waals surface area contributed by atoms with Gasteiger partial charge >= 0.3 is 0 Å². The molecule has 0 saturated carbocycles. The Morgan fingerprint density at radius 3 is 2.70 bits per heavy atom. The lowest BCUT2D eigenvalue weighted by Crippen LogP contribution is -2.44. The van der Waals surface area contributed by atoms with E-state index in [1.165, 1.54) is 12.1 Å². The van der Waals surface area contributed by atoms with Crippen molar-refractivity contribution in [3.63, 3.8) is 0 Å². The number of ether oxygens (including phenoxy) is 1. The standard InChI is InChI=1S/C20H24FN3O2S/c21-17-6-4-16(5-7-17)19(24-9-11-26-12-10-24)13-23-20(25)15-27-14-18-3-1-2-8-22-18/h1-8,19H,9-15H2,(H,23,25). The number of amides is 1. The zero-order valence-corrected chi connectivity index (χ0v) is 16.0. The molecule has 0 aliphatic carbocycles. The summed E-state index contributed by atoms with van der Waals surface area (Å²) in [5.74, 6) is 0.834. The molecule has 1 aromatic carbocycles. The molecule has 1 aromatic heterocycles. The van der Waals surface area contributed by atoms with Gasteiger partial charge in [-0.25, -0.2) is 4.39 Å². The first-order chi connectivity index (χ1) is 13.2. The monoisotopic (exact) mass is 389 g/mol. The second kappa shape index (κ2) is 10.4. The van der Waals surface area contributed by atoms with Gasteiger partial charge < -0.3 is 10.1 Å². The van der Waals surface area contributed by atoms with Crippen LogP contribution in [0, 0.1) is 5.82 Å². The summed E-state index contributed by atoms with van der Waals surface area (Å²) in [6, 6.07) is 12.3. The third-order valence-electron chi connectivity index (χ3n) is 4.44. The smallest absolute Gasteiger partial charge is 0.230 e. The predicted molar refractivity (Wildman–Crippen MR) is 105 cm³/mol. The number of morpholine rings is 1. The van der Waals surface area contributed by atoms with E-state index in [0.717, 1.165) is 24.3 Å². The van der Waals surface area contributed by atoms with Gasteiger partial charge in [0.25, 0.3) is 0 Å². The van der Waals surface area contributed by atoms with E-state index < -0.39 is 0 Å². The van der Waals surface area contributed by atoms with E-state index in [9.17, 15) is 9.18 Å². The van der Waals surface area contributed by atoms with Crippen LogP contribution in [-0.2, 0) is 15.3 Å². The molecule has 2 heterocycles. The van der Waals surface area contributed by atoms with Crippen molar-refractivity contribution in [2.24, 2.45) is 0 Å². The van der Waals surface area contributed by atoms with Gasteiger partial charge in [-0.05, 0) is 29.8 Å². The Labute approximate surface area is 163 Å². The van der Waals surface area contributed by atoms with E-state index in [4.69, 9.17) is 4.74 Å². The quantitative estimate of drug-likeness (QED) is 0.752. The van der Waals surface area contributed by atoms with Crippen molar-refractivity contribution in [3.8, 4) is 0 Å². The number of hydrogen-bond acceptors (Lipinski definition) is 5. The fraction of sp³-hybridized carbons (Fsp3) is 0.400. The molecule has 0 spiro atoms. The molecule has 5 nitrogen and oxygen atoms in total. The largest absolute Gasteiger partial charge is 0.379 e. The van der Waals surface area contributed by atoms with E-state index in [2.05, 4.69) is 15.2 Å². The number of thioether (sulfide) groups is 1. The summed E-state index contributed by atoms with van der Waals surface area (Å²) >= 11 is 1.54. The SMILES string of the molecule is O=C(CSCc1ccccn1)NCC(c1ccc(F)cc1)N1CCOCC1. The molecule has 2 aromatic rings. The van der Waals surface area contributed by atoms with Crippen LogP contribution in [0.3, 0.4) is 0 Å². The van der Waals surface area contributed by atoms with Crippen LogP contribution in [0.25, 0.3) is 0 Å². The molecule has 1 aliphatic rings. The van der Waals surface area contributed by atoms with Crippen LogP contribution in [0.4, 0.5) is 4.39 Å². The van der Waals surface area contributed by atoms with Crippen molar-refractivity contribution in [1.82, 2.24) is 15.2 Å². The first kappa shape index (κ1) is 19.8. The third kappa shape index (κ3) is 6.30. The Balaban J connectivity index is 1.52. The lowest BCUT2D eigenvalue weighted by Gasteiger charge is -2.35. The molecule has 3 rings (SSSR count). The van der Waals surface area contributed by atoms with Crippen molar-refractivity contribution in [2.45, 2.75) is 11.8 Å². The number of nitrogens with zero attached hydrogens (tertiary/aromatic N) is 2. The number of carbonyl (C=O) groups is 1. The van der Waals surface area contributed by atoms with E-state index in [-0.39, 0.29) is 17.8 Å². The number of carbonyl (C=O) groups excluding carboxylic acids is 1. The average molecular weight is 389 g/mol. The second-order valence-electron chi connectivity index (χ2n) is 6.33. The second-order valence-corrected chi connectivity index (χ2v) is 7.32. The number of nitrogens with one attached hydrogen (secondary N) is 1. The normalized spacial score (nSPS) is 16.0. The molecule has 1 N–H and O–H groups in total. The van der Waals surface area contributed by atoms with Crippen molar-refractivity contribution in [3.05, 3.63) is 65.7 Å². The maximum atomic E-state index is 13.3. The van der Waals surface area contributed by atoms with Gasteiger partial charge in [-0.2, -0.15) is 0 Å². The molecule has 0 radical (unpaired) electrons. The molecule has 1 amide bonds. The van der Waals surface area contributed by atoms with Crippen molar-refractivity contribution >= 4 is 17.7 Å². The summed E-state index contributed by atoms with van der Waals surface area (Å²) in [6.07, 6.45) is 1.76. The number of hydrogen-bond donors (Lipinski definition) is 1. The van der Waals surface area contributed by atoms with Crippen LogP contribution < -0.4 is 5.32 Å². The van der Waals surface area contributed by atoms with Crippen LogP contribution >= 0.6 is 11.8 Å². The molecule has 1 aliphatic heterocycles. The van der Waals surface area contributed by atoms with Crippen molar-refractivity contribution < 1.29 is 13.9 Å². The van der Waals surface area contributed by atoms with Gasteiger partial charge in [0.15, 0.2) is 0 Å². The number of halogens is 1. The maximum Gasteiger partial charge on any atom is 0.230 e. The summed E-state index contributed by atoms with van der Waals surface area (Å²) in [5, 5.41) is 3.02.